The Balaban J connectivity index is 2.12. The van der Waals surface area contributed by atoms with Gasteiger partial charge in [0.05, 0.1) is 11.6 Å². The van der Waals surface area contributed by atoms with Crippen LogP contribution in [-0.4, -0.2) is 12.9 Å². The molecule has 98 valence electrons. The number of halogens is 1. The molecule has 2 aromatic carbocycles. The van der Waals surface area contributed by atoms with Gasteiger partial charge in [0.25, 0.3) is 0 Å². The average Bonchev–Trinajstić information content (AvgIpc) is 2.42. The van der Waals surface area contributed by atoms with Crippen LogP contribution in [0.5, 0.6) is 17.2 Å². The first kappa shape index (κ1) is 13.4. The molecule has 0 aliphatic carbocycles. The molecular formula is C15H13ClO3. The summed E-state index contributed by atoms with van der Waals surface area (Å²) in [7, 11) is 0. The predicted molar refractivity (Wildman–Crippen MR) is 74.5 cm³/mol. The number of carbonyl (C=O) groups excluding carboxylic acids is 1. The molecule has 3 nitrogen and oxygen atoms in total. The van der Waals surface area contributed by atoms with Crippen molar-refractivity contribution in [2.45, 2.75) is 6.92 Å². The third-order valence-corrected chi connectivity index (χ3v) is 2.80. The molecule has 0 fully saturated rings. The van der Waals surface area contributed by atoms with Gasteiger partial charge in [-0.1, -0.05) is 11.6 Å². The molecule has 0 bridgehead atoms. The molecule has 19 heavy (non-hydrogen) atoms. The molecule has 0 unspecified atom stereocenters. The number of hydrogen-bond acceptors (Lipinski definition) is 3. The Bertz CT molecular complexity index is 564. The molecule has 2 aromatic rings. The Kier molecular flexibility index (Phi) is 4.42. The van der Waals surface area contributed by atoms with Crippen LogP contribution >= 0.6 is 11.6 Å². The summed E-state index contributed by atoms with van der Waals surface area (Å²) in [5.74, 6) is 2.06. The molecule has 0 atom stereocenters. The summed E-state index contributed by atoms with van der Waals surface area (Å²) >= 11 is 5.93. The van der Waals surface area contributed by atoms with Crippen molar-refractivity contribution in [2.75, 3.05) is 6.61 Å². The van der Waals surface area contributed by atoms with Crippen LogP contribution in [0.2, 0.25) is 5.02 Å². The second-order valence-electron chi connectivity index (χ2n) is 3.81. The van der Waals surface area contributed by atoms with Crippen molar-refractivity contribution in [2.24, 2.45) is 0 Å². The van der Waals surface area contributed by atoms with Crippen molar-refractivity contribution < 1.29 is 14.3 Å². The highest BCUT2D eigenvalue weighted by Gasteiger charge is 2.03. The zero-order valence-corrected chi connectivity index (χ0v) is 11.2. The van der Waals surface area contributed by atoms with Gasteiger partial charge in [0, 0.05) is 11.6 Å². The molecule has 0 N–H and O–H groups in total. The van der Waals surface area contributed by atoms with Crippen LogP contribution in [0.4, 0.5) is 0 Å². The van der Waals surface area contributed by atoms with Gasteiger partial charge in [0.1, 0.15) is 17.2 Å². The molecule has 0 aromatic heterocycles. The zero-order chi connectivity index (χ0) is 13.7. The molecule has 0 spiro atoms. The molecule has 2 rings (SSSR count). The molecule has 0 aliphatic heterocycles. The standard InChI is InChI=1S/C15H13ClO3/c1-2-18-12-5-7-13(8-6-12)19-14-4-3-11(10-17)15(16)9-14/h3-10H,2H2,1H3. The van der Waals surface area contributed by atoms with Gasteiger partial charge in [-0.3, -0.25) is 4.79 Å². The number of aldehydes is 1. The summed E-state index contributed by atoms with van der Waals surface area (Å²) in [6, 6.07) is 12.2. The Morgan fingerprint density at radius 3 is 2.26 bits per heavy atom. The van der Waals surface area contributed by atoms with Gasteiger partial charge in [-0.25, -0.2) is 0 Å². The molecule has 0 saturated carbocycles. The minimum Gasteiger partial charge on any atom is -0.494 e. The lowest BCUT2D eigenvalue weighted by atomic mass is 10.2. The van der Waals surface area contributed by atoms with Crippen LogP contribution in [0.3, 0.4) is 0 Å². The second kappa shape index (κ2) is 6.25. The van der Waals surface area contributed by atoms with Gasteiger partial charge in [-0.05, 0) is 43.3 Å². The molecule has 0 radical (unpaired) electrons. The lowest BCUT2D eigenvalue weighted by Crippen LogP contribution is -1.91. The van der Waals surface area contributed by atoms with Crippen LogP contribution in [0, 0.1) is 0 Å². The maximum absolute atomic E-state index is 10.7. The zero-order valence-electron chi connectivity index (χ0n) is 10.4. The van der Waals surface area contributed by atoms with E-state index in [4.69, 9.17) is 21.1 Å². The summed E-state index contributed by atoms with van der Waals surface area (Å²) in [5, 5.41) is 0.374. The van der Waals surface area contributed by atoms with Crippen LogP contribution in [0.1, 0.15) is 17.3 Å². The molecule has 0 heterocycles. The van der Waals surface area contributed by atoms with Crippen molar-refractivity contribution in [3.63, 3.8) is 0 Å². The van der Waals surface area contributed by atoms with Crippen molar-refractivity contribution in [3.05, 3.63) is 53.1 Å². The fourth-order valence-corrected chi connectivity index (χ4v) is 1.79. The monoisotopic (exact) mass is 276 g/mol. The normalized spacial score (nSPS) is 10.0. The van der Waals surface area contributed by atoms with Crippen molar-refractivity contribution in [1.29, 1.82) is 0 Å². The fraction of sp³-hybridized carbons (Fsp3) is 0.133. The van der Waals surface area contributed by atoms with E-state index in [0.29, 0.717) is 35.0 Å². The highest BCUT2D eigenvalue weighted by Crippen LogP contribution is 2.27. The Hall–Kier alpha value is -2.00. The summed E-state index contributed by atoms with van der Waals surface area (Å²) < 4.78 is 11.0. The Labute approximate surface area is 116 Å². The Morgan fingerprint density at radius 1 is 1.05 bits per heavy atom. The molecule has 0 amide bonds. The molecule has 0 aliphatic rings. The van der Waals surface area contributed by atoms with Crippen LogP contribution in [-0.2, 0) is 0 Å². The molecule has 4 heteroatoms. The highest BCUT2D eigenvalue weighted by molar-refractivity contribution is 6.33. The third kappa shape index (κ3) is 3.48. The lowest BCUT2D eigenvalue weighted by molar-refractivity contribution is 0.112. The minimum atomic E-state index is 0.374. The maximum atomic E-state index is 10.7. The van der Waals surface area contributed by atoms with Crippen molar-refractivity contribution >= 4 is 17.9 Å². The highest BCUT2D eigenvalue weighted by atomic mass is 35.5. The number of rotatable bonds is 5. The van der Waals surface area contributed by atoms with E-state index in [1.54, 1.807) is 18.2 Å². The van der Waals surface area contributed by atoms with Crippen molar-refractivity contribution in [3.8, 4) is 17.2 Å². The van der Waals surface area contributed by atoms with E-state index < -0.39 is 0 Å². The predicted octanol–water partition coefficient (Wildman–Crippen LogP) is 4.34. The average molecular weight is 277 g/mol. The summed E-state index contributed by atoms with van der Waals surface area (Å²) in [6.07, 6.45) is 0.711. The summed E-state index contributed by atoms with van der Waals surface area (Å²) in [6.45, 7) is 2.56. The quantitative estimate of drug-likeness (QED) is 0.762. The van der Waals surface area contributed by atoms with E-state index in [0.717, 1.165) is 5.75 Å². The van der Waals surface area contributed by atoms with E-state index in [9.17, 15) is 4.79 Å². The first-order chi connectivity index (χ1) is 9.22. The minimum absolute atomic E-state index is 0.374. The van der Waals surface area contributed by atoms with Gasteiger partial charge in [-0.2, -0.15) is 0 Å². The number of carbonyl (C=O) groups is 1. The van der Waals surface area contributed by atoms with E-state index >= 15 is 0 Å². The summed E-state index contributed by atoms with van der Waals surface area (Å²) in [5.41, 5.74) is 0.445. The fourth-order valence-electron chi connectivity index (χ4n) is 1.57. The van der Waals surface area contributed by atoms with E-state index in [1.807, 2.05) is 31.2 Å². The van der Waals surface area contributed by atoms with Crippen molar-refractivity contribution in [1.82, 2.24) is 0 Å². The molecule has 0 saturated heterocycles. The molecular weight excluding hydrogens is 264 g/mol. The number of benzene rings is 2. The van der Waals surface area contributed by atoms with Gasteiger partial charge in [0.15, 0.2) is 6.29 Å². The van der Waals surface area contributed by atoms with Gasteiger partial charge in [-0.15, -0.1) is 0 Å². The maximum Gasteiger partial charge on any atom is 0.151 e. The topological polar surface area (TPSA) is 35.5 Å². The Morgan fingerprint density at radius 2 is 1.68 bits per heavy atom. The van der Waals surface area contributed by atoms with Gasteiger partial charge >= 0.3 is 0 Å². The van der Waals surface area contributed by atoms with E-state index in [-0.39, 0.29) is 0 Å². The first-order valence-corrected chi connectivity index (χ1v) is 6.26. The summed E-state index contributed by atoms with van der Waals surface area (Å²) in [4.78, 5) is 10.7. The van der Waals surface area contributed by atoms with Crippen LogP contribution in [0.15, 0.2) is 42.5 Å². The number of hydrogen-bond donors (Lipinski definition) is 0. The second-order valence-corrected chi connectivity index (χ2v) is 4.21. The third-order valence-electron chi connectivity index (χ3n) is 2.47. The SMILES string of the molecule is CCOc1ccc(Oc2ccc(C=O)c(Cl)c2)cc1. The smallest absolute Gasteiger partial charge is 0.151 e. The lowest BCUT2D eigenvalue weighted by Gasteiger charge is -2.08. The first-order valence-electron chi connectivity index (χ1n) is 5.88. The largest absolute Gasteiger partial charge is 0.494 e. The van der Waals surface area contributed by atoms with E-state index in [1.165, 1.54) is 0 Å². The van der Waals surface area contributed by atoms with Crippen LogP contribution in [0.25, 0.3) is 0 Å². The number of ether oxygens (including phenoxy) is 2. The van der Waals surface area contributed by atoms with Gasteiger partial charge < -0.3 is 9.47 Å². The van der Waals surface area contributed by atoms with Crippen LogP contribution < -0.4 is 9.47 Å². The van der Waals surface area contributed by atoms with Gasteiger partial charge in [0.2, 0.25) is 0 Å². The van der Waals surface area contributed by atoms with E-state index in [2.05, 4.69) is 0 Å².